The van der Waals surface area contributed by atoms with E-state index in [9.17, 15) is 14.7 Å². The maximum atomic E-state index is 13.4. The summed E-state index contributed by atoms with van der Waals surface area (Å²) in [6.45, 7) is 7.14. The number of aromatic nitrogens is 2. The number of hydrogen-bond donors (Lipinski definition) is 1. The van der Waals surface area contributed by atoms with Crippen molar-refractivity contribution in [3.8, 4) is 5.75 Å². The molecule has 2 fully saturated rings. The molecule has 0 saturated carbocycles. The van der Waals surface area contributed by atoms with E-state index in [1.165, 1.54) is 0 Å². The predicted molar refractivity (Wildman–Crippen MR) is 130 cm³/mol. The SMILES string of the molecule is CC(C)c1noc(CCC(=O)N2CCC[C@]23CO[C@H]2c4ccccc4O[C@@](C)(CCC(=O)O)[C@@H]2C3)n1. The van der Waals surface area contributed by atoms with Gasteiger partial charge in [0.15, 0.2) is 5.82 Å². The van der Waals surface area contributed by atoms with Crippen molar-refractivity contribution in [2.24, 2.45) is 5.92 Å². The third kappa shape index (κ3) is 4.49. The van der Waals surface area contributed by atoms with Gasteiger partial charge in [0.1, 0.15) is 11.4 Å². The van der Waals surface area contributed by atoms with Crippen molar-refractivity contribution in [2.45, 2.75) is 88.9 Å². The first kappa shape index (κ1) is 24.7. The van der Waals surface area contributed by atoms with Gasteiger partial charge in [-0.15, -0.1) is 0 Å². The molecule has 1 spiro atoms. The van der Waals surface area contributed by atoms with Gasteiger partial charge < -0.3 is 24.0 Å². The van der Waals surface area contributed by atoms with Crippen LogP contribution in [-0.2, 0) is 20.7 Å². The molecule has 194 valence electrons. The number of carbonyl (C=O) groups excluding carboxylic acids is 1. The number of amides is 1. The number of para-hydroxylation sites is 1. The third-order valence-corrected chi connectivity index (χ3v) is 8.14. The van der Waals surface area contributed by atoms with Crippen molar-refractivity contribution < 1.29 is 28.7 Å². The number of nitrogens with zero attached hydrogens (tertiary/aromatic N) is 3. The van der Waals surface area contributed by atoms with Gasteiger partial charge in [-0.1, -0.05) is 37.2 Å². The highest BCUT2D eigenvalue weighted by Crippen LogP contribution is 2.55. The summed E-state index contributed by atoms with van der Waals surface area (Å²) in [5, 5.41) is 13.4. The van der Waals surface area contributed by atoms with Crippen molar-refractivity contribution in [1.29, 1.82) is 0 Å². The van der Waals surface area contributed by atoms with Gasteiger partial charge >= 0.3 is 5.97 Å². The highest BCUT2D eigenvalue weighted by atomic mass is 16.5. The Labute approximate surface area is 211 Å². The van der Waals surface area contributed by atoms with Crippen LogP contribution in [-0.4, -0.2) is 56.3 Å². The fourth-order valence-electron chi connectivity index (χ4n) is 6.15. The first-order valence-electron chi connectivity index (χ1n) is 12.9. The summed E-state index contributed by atoms with van der Waals surface area (Å²) in [6.07, 6.45) is 3.39. The lowest BCUT2D eigenvalue weighted by atomic mass is 9.68. The van der Waals surface area contributed by atoms with Gasteiger partial charge in [0.05, 0.1) is 18.2 Å². The summed E-state index contributed by atoms with van der Waals surface area (Å²) in [5.41, 5.74) is -0.131. The van der Waals surface area contributed by atoms with Crippen LogP contribution >= 0.6 is 0 Å². The average molecular weight is 498 g/mol. The Balaban J connectivity index is 1.36. The zero-order valence-corrected chi connectivity index (χ0v) is 21.2. The van der Waals surface area contributed by atoms with Crippen LogP contribution in [0.25, 0.3) is 0 Å². The van der Waals surface area contributed by atoms with E-state index >= 15 is 0 Å². The molecule has 4 atom stereocenters. The molecule has 1 aromatic carbocycles. The average Bonchev–Trinajstić information content (AvgIpc) is 3.49. The summed E-state index contributed by atoms with van der Waals surface area (Å²) in [7, 11) is 0. The zero-order chi connectivity index (χ0) is 25.5. The molecule has 0 aliphatic carbocycles. The minimum absolute atomic E-state index is 0.0140. The Bertz CT molecular complexity index is 1130. The van der Waals surface area contributed by atoms with Crippen LogP contribution in [0, 0.1) is 5.92 Å². The first-order valence-corrected chi connectivity index (χ1v) is 12.9. The number of carboxylic acids is 1. The van der Waals surface area contributed by atoms with Crippen molar-refractivity contribution in [1.82, 2.24) is 15.0 Å². The Kier molecular flexibility index (Phi) is 6.53. The molecule has 0 bridgehead atoms. The highest BCUT2D eigenvalue weighted by Gasteiger charge is 2.57. The van der Waals surface area contributed by atoms with Crippen LogP contribution in [0.1, 0.15) is 88.6 Å². The summed E-state index contributed by atoms with van der Waals surface area (Å²) in [4.78, 5) is 31.3. The van der Waals surface area contributed by atoms with Gasteiger partial charge in [-0.25, -0.2) is 0 Å². The highest BCUT2D eigenvalue weighted by molar-refractivity contribution is 5.77. The molecule has 4 heterocycles. The van der Waals surface area contributed by atoms with Crippen LogP contribution in [0.4, 0.5) is 0 Å². The zero-order valence-electron chi connectivity index (χ0n) is 21.2. The second kappa shape index (κ2) is 9.50. The molecule has 1 N–H and O–H groups in total. The van der Waals surface area contributed by atoms with E-state index in [1.54, 1.807) is 0 Å². The Hall–Kier alpha value is -2.94. The van der Waals surface area contributed by atoms with Gasteiger partial charge in [0.2, 0.25) is 11.8 Å². The van der Waals surface area contributed by atoms with Gasteiger partial charge in [0.25, 0.3) is 0 Å². The largest absolute Gasteiger partial charge is 0.487 e. The van der Waals surface area contributed by atoms with E-state index in [4.69, 9.17) is 14.0 Å². The molecule has 0 unspecified atom stereocenters. The maximum absolute atomic E-state index is 13.4. The standard InChI is InChI=1S/C27H35N3O6/c1-17(2)25-28-21(36-29-25)9-10-22(31)30-14-6-12-27(30)15-19-24(34-16-27)18-7-4-5-8-20(18)35-26(19,3)13-11-23(32)33/h4-5,7-8,17,19,24H,6,9-16H2,1-3H3,(H,32,33)/t19-,24+,26+,27+/m1/s1. The molecule has 9 heteroatoms. The lowest BCUT2D eigenvalue weighted by molar-refractivity contribution is -0.180. The number of ether oxygens (including phenoxy) is 2. The minimum Gasteiger partial charge on any atom is -0.487 e. The molecule has 0 radical (unpaired) electrons. The van der Waals surface area contributed by atoms with E-state index in [1.807, 2.05) is 49.9 Å². The molecule has 3 aliphatic heterocycles. The number of fused-ring (bicyclic) bond motifs is 3. The van der Waals surface area contributed by atoms with E-state index in [0.29, 0.717) is 50.6 Å². The van der Waals surface area contributed by atoms with Crippen LogP contribution < -0.4 is 4.74 Å². The summed E-state index contributed by atoms with van der Waals surface area (Å²) in [5.74, 6) is 1.20. The number of likely N-dealkylation sites (tertiary alicyclic amines) is 1. The number of aliphatic carboxylic acids is 1. The molecule has 1 amide bonds. The van der Waals surface area contributed by atoms with Crippen molar-refractivity contribution in [2.75, 3.05) is 13.2 Å². The number of carbonyl (C=O) groups is 2. The molecule has 5 rings (SSSR count). The van der Waals surface area contributed by atoms with E-state index in [-0.39, 0.29) is 30.3 Å². The number of aryl methyl sites for hydroxylation is 1. The van der Waals surface area contributed by atoms with Crippen LogP contribution in [0.15, 0.2) is 28.8 Å². The molecule has 36 heavy (non-hydrogen) atoms. The summed E-state index contributed by atoms with van der Waals surface area (Å²) >= 11 is 0. The monoisotopic (exact) mass is 497 g/mol. The molecule has 1 aromatic heterocycles. The molecule has 2 aromatic rings. The number of rotatable bonds is 7. The van der Waals surface area contributed by atoms with Gasteiger partial charge in [0, 0.05) is 43.2 Å². The quantitative estimate of drug-likeness (QED) is 0.603. The molecule has 3 aliphatic rings. The number of hydrogen-bond acceptors (Lipinski definition) is 7. The van der Waals surface area contributed by atoms with Crippen LogP contribution in [0.3, 0.4) is 0 Å². The number of benzene rings is 1. The predicted octanol–water partition coefficient (Wildman–Crippen LogP) is 4.28. The van der Waals surface area contributed by atoms with E-state index in [2.05, 4.69) is 10.1 Å². The second-order valence-corrected chi connectivity index (χ2v) is 11.0. The van der Waals surface area contributed by atoms with Crippen molar-refractivity contribution in [3.05, 3.63) is 41.5 Å². The van der Waals surface area contributed by atoms with E-state index in [0.717, 1.165) is 24.2 Å². The fourth-order valence-corrected chi connectivity index (χ4v) is 6.15. The first-order chi connectivity index (χ1) is 17.2. The van der Waals surface area contributed by atoms with Gasteiger partial charge in [-0.2, -0.15) is 4.98 Å². The number of carboxylic acid groups (broad SMARTS) is 1. The van der Waals surface area contributed by atoms with E-state index < -0.39 is 17.1 Å². The maximum Gasteiger partial charge on any atom is 0.303 e. The third-order valence-electron chi connectivity index (χ3n) is 8.14. The Morgan fingerprint density at radius 3 is 2.81 bits per heavy atom. The van der Waals surface area contributed by atoms with Gasteiger partial charge in [-0.05, 0) is 38.7 Å². The van der Waals surface area contributed by atoms with Crippen molar-refractivity contribution in [3.63, 3.8) is 0 Å². The lowest BCUT2D eigenvalue weighted by Crippen LogP contribution is -2.60. The Morgan fingerprint density at radius 1 is 1.25 bits per heavy atom. The summed E-state index contributed by atoms with van der Waals surface area (Å²) < 4.78 is 18.4. The molecule has 2 saturated heterocycles. The normalized spacial score (nSPS) is 29.2. The van der Waals surface area contributed by atoms with Gasteiger partial charge in [-0.3, -0.25) is 9.59 Å². The Morgan fingerprint density at radius 2 is 2.06 bits per heavy atom. The van der Waals surface area contributed by atoms with Crippen LogP contribution in [0.2, 0.25) is 0 Å². The fraction of sp³-hybridized carbons (Fsp3) is 0.630. The molecular weight excluding hydrogens is 462 g/mol. The lowest BCUT2D eigenvalue weighted by Gasteiger charge is -2.54. The topological polar surface area (TPSA) is 115 Å². The van der Waals surface area contributed by atoms with Crippen molar-refractivity contribution >= 4 is 11.9 Å². The molecular formula is C27H35N3O6. The summed E-state index contributed by atoms with van der Waals surface area (Å²) in [6, 6.07) is 7.84. The smallest absolute Gasteiger partial charge is 0.303 e. The second-order valence-electron chi connectivity index (χ2n) is 11.0. The van der Waals surface area contributed by atoms with Crippen LogP contribution in [0.5, 0.6) is 5.75 Å². The molecule has 9 nitrogen and oxygen atoms in total. The minimum atomic E-state index is -0.846.